The van der Waals surface area contributed by atoms with Crippen LogP contribution in [0.1, 0.15) is 43.2 Å². The maximum Gasteiger partial charge on any atom is 0.101 e. The van der Waals surface area contributed by atoms with Gasteiger partial charge >= 0.3 is 0 Å². The Balaban J connectivity index is 1.76. The van der Waals surface area contributed by atoms with Gasteiger partial charge < -0.3 is 10.1 Å². The number of ether oxygens (including phenoxy) is 1. The summed E-state index contributed by atoms with van der Waals surface area (Å²) >= 11 is 0. The quantitative estimate of drug-likeness (QED) is 0.820. The Kier molecular flexibility index (Phi) is 5.23. The van der Waals surface area contributed by atoms with Gasteiger partial charge in [0.05, 0.1) is 24.0 Å². The first-order chi connectivity index (χ1) is 9.29. The molecule has 0 unspecified atom stereocenters. The number of hydrogen-bond acceptors (Lipinski definition) is 3. The van der Waals surface area contributed by atoms with Crippen LogP contribution < -0.4 is 5.32 Å². The van der Waals surface area contributed by atoms with Crippen LogP contribution >= 0.6 is 0 Å². The predicted octanol–water partition coefficient (Wildman–Crippen LogP) is 3.63. The van der Waals surface area contributed by atoms with Crippen LogP contribution in [0.3, 0.4) is 0 Å². The van der Waals surface area contributed by atoms with Gasteiger partial charge in [-0.1, -0.05) is 25.3 Å². The fourth-order valence-electron chi connectivity index (χ4n) is 2.54. The minimum atomic E-state index is 0.448. The molecule has 0 spiro atoms. The van der Waals surface area contributed by atoms with E-state index in [-0.39, 0.29) is 0 Å². The van der Waals surface area contributed by atoms with Gasteiger partial charge in [-0.3, -0.25) is 0 Å². The zero-order valence-electron chi connectivity index (χ0n) is 11.6. The Labute approximate surface area is 115 Å². The molecule has 102 valence electrons. The summed E-state index contributed by atoms with van der Waals surface area (Å²) in [5, 5.41) is 12.3. The van der Waals surface area contributed by atoms with E-state index in [1.165, 1.54) is 32.1 Å². The van der Waals surface area contributed by atoms with E-state index in [4.69, 9.17) is 10.00 Å². The SMILES string of the molecule is Cc1ccc(C#N)c(NCCOC2CCCCC2)c1. The number of anilines is 1. The van der Waals surface area contributed by atoms with Crippen LogP contribution in [-0.4, -0.2) is 19.3 Å². The number of hydrogen-bond donors (Lipinski definition) is 1. The molecular formula is C16H22N2O. The molecule has 0 atom stereocenters. The zero-order chi connectivity index (χ0) is 13.5. The third kappa shape index (κ3) is 4.25. The van der Waals surface area contributed by atoms with Crippen LogP contribution in [0.2, 0.25) is 0 Å². The van der Waals surface area contributed by atoms with Crippen molar-refractivity contribution in [3.05, 3.63) is 29.3 Å². The van der Waals surface area contributed by atoms with Gasteiger partial charge in [0.25, 0.3) is 0 Å². The van der Waals surface area contributed by atoms with Crippen molar-refractivity contribution < 1.29 is 4.74 Å². The highest BCUT2D eigenvalue weighted by Crippen LogP contribution is 2.20. The molecule has 3 nitrogen and oxygen atoms in total. The molecule has 2 rings (SSSR count). The largest absolute Gasteiger partial charge is 0.382 e. The van der Waals surface area contributed by atoms with Crippen molar-refractivity contribution in [1.82, 2.24) is 0 Å². The van der Waals surface area contributed by atoms with E-state index in [1.807, 2.05) is 25.1 Å². The van der Waals surface area contributed by atoms with E-state index in [0.717, 1.165) is 17.8 Å². The van der Waals surface area contributed by atoms with E-state index in [2.05, 4.69) is 11.4 Å². The first-order valence-corrected chi connectivity index (χ1v) is 7.16. The average Bonchev–Trinajstić information content (AvgIpc) is 2.45. The van der Waals surface area contributed by atoms with E-state index in [1.54, 1.807) is 0 Å². The van der Waals surface area contributed by atoms with Crippen LogP contribution in [0.25, 0.3) is 0 Å². The van der Waals surface area contributed by atoms with E-state index in [0.29, 0.717) is 18.3 Å². The predicted molar refractivity (Wildman–Crippen MR) is 77.2 cm³/mol. The molecule has 3 heteroatoms. The number of nitrogens with one attached hydrogen (secondary N) is 1. The summed E-state index contributed by atoms with van der Waals surface area (Å²) in [5.41, 5.74) is 2.77. The summed E-state index contributed by atoms with van der Waals surface area (Å²) in [5.74, 6) is 0. The molecule has 0 aromatic heterocycles. The van der Waals surface area contributed by atoms with Gasteiger partial charge in [0.2, 0.25) is 0 Å². The van der Waals surface area contributed by atoms with E-state index >= 15 is 0 Å². The Hall–Kier alpha value is -1.53. The van der Waals surface area contributed by atoms with Crippen LogP contribution in [0.15, 0.2) is 18.2 Å². The fourth-order valence-corrected chi connectivity index (χ4v) is 2.54. The van der Waals surface area contributed by atoms with Crippen molar-refractivity contribution in [2.24, 2.45) is 0 Å². The molecule has 1 aliphatic carbocycles. The van der Waals surface area contributed by atoms with Crippen molar-refractivity contribution in [2.45, 2.75) is 45.1 Å². The first kappa shape index (κ1) is 13.9. The average molecular weight is 258 g/mol. The summed E-state index contributed by atoms with van der Waals surface area (Å²) < 4.78 is 5.86. The van der Waals surface area contributed by atoms with Crippen LogP contribution in [0, 0.1) is 18.3 Å². The zero-order valence-corrected chi connectivity index (χ0v) is 11.6. The number of rotatable bonds is 5. The molecule has 19 heavy (non-hydrogen) atoms. The maximum absolute atomic E-state index is 9.05. The normalized spacial score (nSPS) is 16.0. The molecule has 1 saturated carbocycles. The van der Waals surface area contributed by atoms with E-state index in [9.17, 15) is 0 Å². The smallest absolute Gasteiger partial charge is 0.101 e. The van der Waals surface area contributed by atoms with Gasteiger partial charge in [-0.2, -0.15) is 5.26 Å². The van der Waals surface area contributed by atoms with Crippen molar-refractivity contribution in [2.75, 3.05) is 18.5 Å². The lowest BCUT2D eigenvalue weighted by Gasteiger charge is -2.22. The minimum absolute atomic E-state index is 0.448. The summed E-state index contributed by atoms with van der Waals surface area (Å²) in [4.78, 5) is 0. The van der Waals surface area contributed by atoms with Crippen molar-refractivity contribution in [3.63, 3.8) is 0 Å². The van der Waals surface area contributed by atoms with Crippen molar-refractivity contribution in [3.8, 4) is 6.07 Å². The molecule has 0 amide bonds. The summed E-state index contributed by atoms with van der Waals surface area (Å²) in [6.45, 7) is 3.50. The monoisotopic (exact) mass is 258 g/mol. The second-order valence-electron chi connectivity index (χ2n) is 5.22. The second kappa shape index (κ2) is 7.16. The van der Waals surface area contributed by atoms with E-state index < -0.39 is 0 Å². The van der Waals surface area contributed by atoms with Crippen molar-refractivity contribution in [1.29, 1.82) is 5.26 Å². The highest BCUT2D eigenvalue weighted by atomic mass is 16.5. The summed E-state index contributed by atoms with van der Waals surface area (Å²) in [6.07, 6.45) is 6.81. The lowest BCUT2D eigenvalue weighted by Crippen LogP contribution is -2.20. The standard InChI is InChI=1S/C16H22N2O/c1-13-7-8-14(12-17)16(11-13)18-9-10-19-15-5-3-2-4-6-15/h7-8,11,15,18H,2-6,9-10H2,1H3. The Morgan fingerprint density at radius 1 is 1.32 bits per heavy atom. The number of nitriles is 1. The molecule has 0 saturated heterocycles. The molecule has 1 aromatic rings. The first-order valence-electron chi connectivity index (χ1n) is 7.16. The maximum atomic E-state index is 9.05. The van der Waals surface area contributed by atoms with Crippen LogP contribution in [-0.2, 0) is 4.74 Å². The van der Waals surface area contributed by atoms with Crippen LogP contribution in [0.4, 0.5) is 5.69 Å². The second-order valence-corrected chi connectivity index (χ2v) is 5.22. The van der Waals surface area contributed by atoms with Gasteiger partial charge in [-0.05, 0) is 37.5 Å². The third-order valence-corrected chi connectivity index (χ3v) is 3.62. The Morgan fingerprint density at radius 2 is 2.11 bits per heavy atom. The molecule has 1 N–H and O–H groups in total. The van der Waals surface area contributed by atoms with Gasteiger partial charge in [0.15, 0.2) is 0 Å². The highest BCUT2D eigenvalue weighted by molar-refractivity contribution is 5.58. The fraction of sp³-hybridized carbons (Fsp3) is 0.562. The number of aryl methyl sites for hydroxylation is 1. The molecule has 1 aliphatic rings. The minimum Gasteiger partial charge on any atom is -0.382 e. The molecule has 0 heterocycles. The highest BCUT2D eigenvalue weighted by Gasteiger charge is 2.13. The van der Waals surface area contributed by atoms with Gasteiger partial charge in [0, 0.05) is 6.54 Å². The lowest BCUT2D eigenvalue weighted by molar-refractivity contribution is 0.0347. The summed E-state index contributed by atoms with van der Waals surface area (Å²) in [6, 6.07) is 8.04. The third-order valence-electron chi connectivity index (χ3n) is 3.62. The Morgan fingerprint density at radius 3 is 2.84 bits per heavy atom. The molecule has 0 aliphatic heterocycles. The van der Waals surface area contributed by atoms with Crippen LogP contribution in [0.5, 0.6) is 0 Å². The molecule has 1 fully saturated rings. The van der Waals surface area contributed by atoms with Gasteiger partial charge in [-0.25, -0.2) is 0 Å². The summed E-state index contributed by atoms with van der Waals surface area (Å²) in [7, 11) is 0. The van der Waals surface area contributed by atoms with Gasteiger partial charge in [0.1, 0.15) is 6.07 Å². The number of nitrogens with zero attached hydrogens (tertiary/aromatic N) is 1. The topological polar surface area (TPSA) is 45.0 Å². The molecule has 1 aromatic carbocycles. The van der Waals surface area contributed by atoms with Gasteiger partial charge in [-0.15, -0.1) is 0 Å². The number of benzene rings is 1. The molecular weight excluding hydrogens is 236 g/mol. The lowest BCUT2D eigenvalue weighted by atomic mass is 9.98. The Bertz CT molecular complexity index is 445. The molecule has 0 bridgehead atoms. The molecule has 0 radical (unpaired) electrons. The van der Waals surface area contributed by atoms with Crippen molar-refractivity contribution >= 4 is 5.69 Å².